The second kappa shape index (κ2) is 7.66. The molecule has 0 bridgehead atoms. The van der Waals surface area contributed by atoms with Crippen LogP contribution in [0.25, 0.3) is 0 Å². The Balaban J connectivity index is 1.59. The van der Waals surface area contributed by atoms with Gasteiger partial charge < -0.3 is 15.0 Å². The third-order valence-electron chi connectivity index (χ3n) is 4.34. The molecule has 0 spiro atoms. The van der Waals surface area contributed by atoms with Crippen molar-refractivity contribution in [2.75, 3.05) is 20.2 Å². The summed E-state index contributed by atoms with van der Waals surface area (Å²) in [5, 5.41) is 6.11. The van der Waals surface area contributed by atoms with Gasteiger partial charge in [-0.1, -0.05) is 19.1 Å². The number of carbonyl (C=O) groups excluding carboxylic acids is 1. The van der Waals surface area contributed by atoms with Gasteiger partial charge in [0.1, 0.15) is 5.75 Å². The van der Waals surface area contributed by atoms with Crippen LogP contribution < -0.4 is 10.1 Å². The van der Waals surface area contributed by atoms with Crippen molar-refractivity contribution in [3.05, 3.63) is 45.4 Å². The van der Waals surface area contributed by atoms with Gasteiger partial charge in [-0.25, -0.2) is 9.78 Å². The van der Waals surface area contributed by atoms with E-state index in [0.717, 1.165) is 42.3 Å². The molecule has 0 saturated carbocycles. The zero-order valence-corrected chi connectivity index (χ0v) is 15.0. The molecule has 128 valence electrons. The molecule has 24 heavy (non-hydrogen) atoms. The topological polar surface area (TPSA) is 54.5 Å². The first-order valence-electron chi connectivity index (χ1n) is 8.32. The molecule has 0 fully saturated rings. The first kappa shape index (κ1) is 16.8. The van der Waals surface area contributed by atoms with Crippen LogP contribution in [0.1, 0.15) is 28.8 Å². The summed E-state index contributed by atoms with van der Waals surface area (Å²) < 4.78 is 5.46. The summed E-state index contributed by atoms with van der Waals surface area (Å²) >= 11 is 1.65. The molecule has 5 nitrogen and oxygen atoms in total. The minimum Gasteiger partial charge on any atom is -0.496 e. The second-order valence-corrected chi connectivity index (χ2v) is 6.77. The maximum absolute atomic E-state index is 12.5. The normalized spacial score (nSPS) is 14.0. The Morgan fingerprint density at radius 1 is 1.38 bits per heavy atom. The molecule has 0 aliphatic carbocycles. The Bertz CT molecular complexity index is 714. The van der Waals surface area contributed by atoms with Crippen LogP contribution in [0.5, 0.6) is 5.75 Å². The summed E-state index contributed by atoms with van der Waals surface area (Å²) in [6.07, 6.45) is 2.62. The average molecular weight is 345 g/mol. The molecular formula is C18H23N3O2S. The third kappa shape index (κ3) is 3.70. The summed E-state index contributed by atoms with van der Waals surface area (Å²) in [4.78, 5) is 18.8. The Labute approximate surface area is 146 Å². The number of methoxy groups -OCH3 is 1. The van der Waals surface area contributed by atoms with Crippen molar-refractivity contribution >= 4 is 17.4 Å². The fourth-order valence-corrected chi connectivity index (χ4v) is 3.75. The molecule has 1 aliphatic rings. The molecular weight excluding hydrogens is 322 g/mol. The molecule has 1 aliphatic heterocycles. The number of hydrogen-bond donors (Lipinski definition) is 1. The van der Waals surface area contributed by atoms with E-state index in [9.17, 15) is 4.79 Å². The van der Waals surface area contributed by atoms with Crippen molar-refractivity contribution in [3.8, 4) is 5.75 Å². The fourth-order valence-electron chi connectivity index (χ4n) is 3.01. The number of thiazole rings is 1. The van der Waals surface area contributed by atoms with Crippen molar-refractivity contribution in [2.24, 2.45) is 0 Å². The second-order valence-electron chi connectivity index (χ2n) is 5.83. The van der Waals surface area contributed by atoms with Gasteiger partial charge in [0.15, 0.2) is 0 Å². The molecule has 2 aromatic rings. The molecule has 3 rings (SSSR count). The van der Waals surface area contributed by atoms with Gasteiger partial charge in [-0.15, -0.1) is 11.3 Å². The number of urea groups is 1. The SMILES string of the molecule is CCc1nc(CNC(=O)N2CCc3cccc(OC)c3CC2)cs1. The maximum Gasteiger partial charge on any atom is 0.317 e. The van der Waals surface area contributed by atoms with Gasteiger partial charge in [-0.05, 0) is 36.5 Å². The van der Waals surface area contributed by atoms with E-state index < -0.39 is 0 Å². The van der Waals surface area contributed by atoms with Gasteiger partial charge in [-0.3, -0.25) is 0 Å². The van der Waals surface area contributed by atoms with Crippen molar-refractivity contribution < 1.29 is 9.53 Å². The average Bonchev–Trinajstić information content (AvgIpc) is 2.97. The number of nitrogens with zero attached hydrogens (tertiary/aromatic N) is 2. The molecule has 2 heterocycles. The largest absolute Gasteiger partial charge is 0.496 e. The van der Waals surface area contributed by atoms with Crippen molar-refractivity contribution in [2.45, 2.75) is 32.7 Å². The number of carbonyl (C=O) groups is 1. The fraction of sp³-hybridized carbons (Fsp3) is 0.444. The number of amides is 2. The summed E-state index contributed by atoms with van der Waals surface area (Å²) in [6.45, 7) is 4.01. The number of ether oxygens (including phenoxy) is 1. The highest BCUT2D eigenvalue weighted by atomic mass is 32.1. The van der Waals surface area contributed by atoms with E-state index in [0.29, 0.717) is 13.1 Å². The highest BCUT2D eigenvalue weighted by molar-refractivity contribution is 7.09. The molecule has 2 amide bonds. The summed E-state index contributed by atoms with van der Waals surface area (Å²) in [5.74, 6) is 0.921. The summed E-state index contributed by atoms with van der Waals surface area (Å²) in [5.41, 5.74) is 3.43. The lowest BCUT2D eigenvalue weighted by atomic mass is 10.0. The summed E-state index contributed by atoms with van der Waals surface area (Å²) in [6, 6.07) is 6.11. The molecule has 1 aromatic heterocycles. The Morgan fingerprint density at radius 2 is 2.21 bits per heavy atom. The predicted octanol–water partition coefficient (Wildman–Crippen LogP) is 3.02. The molecule has 1 aromatic carbocycles. The summed E-state index contributed by atoms with van der Waals surface area (Å²) in [7, 11) is 1.70. The van der Waals surface area contributed by atoms with Crippen LogP contribution in [0.2, 0.25) is 0 Å². The monoisotopic (exact) mass is 345 g/mol. The Hall–Kier alpha value is -2.08. The van der Waals surface area contributed by atoms with Crippen LogP contribution in [0.4, 0.5) is 4.79 Å². The van der Waals surface area contributed by atoms with E-state index >= 15 is 0 Å². The lowest BCUT2D eigenvalue weighted by Crippen LogP contribution is -2.41. The molecule has 6 heteroatoms. The van der Waals surface area contributed by atoms with Crippen molar-refractivity contribution in [3.63, 3.8) is 0 Å². The zero-order valence-electron chi connectivity index (χ0n) is 14.2. The Morgan fingerprint density at radius 3 is 2.96 bits per heavy atom. The quantitative estimate of drug-likeness (QED) is 0.927. The number of rotatable bonds is 4. The Kier molecular flexibility index (Phi) is 5.35. The first-order valence-corrected chi connectivity index (χ1v) is 9.20. The van der Waals surface area contributed by atoms with Gasteiger partial charge in [0, 0.05) is 18.5 Å². The smallest absolute Gasteiger partial charge is 0.317 e. The van der Waals surface area contributed by atoms with Crippen molar-refractivity contribution in [1.29, 1.82) is 0 Å². The van der Waals surface area contributed by atoms with E-state index in [2.05, 4.69) is 23.3 Å². The number of fused-ring (bicyclic) bond motifs is 1. The van der Waals surface area contributed by atoms with Gasteiger partial charge >= 0.3 is 6.03 Å². The van der Waals surface area contributed by atoms with E-state index in [1.165, 1.54) is 11.1 Å². The highest BCUT2D eigenvalue weighted by Crippen LogP contribution is 2.25. The standard InChI is InChI=1S/C18H23N3O2S/c1-3-17-20-14(12-24-17)11-19-18(22)21-9-7-13-5-4-6-16(23-2)15(13)8-10-21/h4-6,12H,3,7-11H2,1-2H3,(H,19,22). The van der Waals surface area contributed by atoms with Gasteiger partial charge in [0.05, 0.1) is 24.4 Å². The van der Waals surface area contributed by atoms with Crippen LogP contribution in [-0.2, 0) is 25.8 Å². The molecule has 0 unspecified atom stereocenters. The van der Waals surface area contributed by atoms with E-state index in [1.54, 1.807) is 18.4 Å². The highest BCUT2D eigenvalue weighted by Gasteiger charge is 2.20. The minimum absolute atomic E-state index is 0.0205. The van der Waals surface area contributed by atoms with Gasteiger partial charge in [-0.2, -0.15) is 0 Å². The zero-order chi connectivity index (χ0) is 16.9. The first-order chi connectivity index (χ1) is 11.7. The number of nitrogens with one attached hydrogen (secondary N) is 1. The molecule has 1 N–H and O–H groups in total. The third-order valence-corrected chi connectivity index (χ3v) is 5.38. The number of aromatic nitrogens is 1. The predicted molar refractivity (Wildman–Crippen MR) is 95.7 cm³/mol. The van der Waals surface area contributed by atoms with Crippen LogP contribution >= 0.6 is 11.3 Å². The lowest BCUT2D eigenvalue weighted by molar-refractivity contribution is 0.199. The van der Waals surface area contributed by atoms with Crippen LogP contribution in [0.3, 0.4) is 0 Å². The molecule has 0 saturated heterocycles. The van der Waals surface area contributed by atoms with Crippen LogP contribution in [0, 0.1) is 0 Å². The van der Waals surface area contributed by atoms with E-state index in [4.69, 9.17) is 4.74 Å². The van der Waals surface area contributed by atoms with Crippen molar-refractivity contribution in [1.82, 2.24) is 15.2 Å². The lowest BCUT2D eigenvalue weighted by Gasteiger charge is -2.20. The van der Waals surface area contributed by atoms with E-state index in [1.807, 2.05) is 22.4 Å². The van der Waals surface area contributed by atoms with Crippen LogP contribution in [-0.4, -0.2) is 36.1 Å². The van der Waals surface area contributed by atoms with Gasteiger partial charge in [0.25, 0.3) is 0 Å². The minimum atomic E-state index is -0.0205. The maximum atomic E-state index is 12.5. The van der Waals surface area contributed by atoms with Crippen LogP contribution in [0.15, 0.2) is 23.6 Å². The number of benzene rings is 1. The molecule has 0 atom stereocenters. The molecule has 0 radical (unpaired) electrons. The number of aryl methyl sites for hydroxylation is 1. The van der Waals surface area contributed by atoms with Gasteiger partial charge in [0.2, 0.25) is 0 Å². The van der Waals surface area contributed by atoms with E-state index in [-0.39, 0.29) is 6.03 Å². The number of hydrogen-bond acceptors (Lipinski definition) is 4.